The van der Waals surface area contributed by atoms with Gasteiger partial charge < -0.3 is 20.1 Å². The van der Waals surface area contributed by atoms with Crippen molar-refractivity contribution in [3.05, 3.63) is 94.5 Å². The molecule has 0 aromatic heterocycles. The zero-order valence-electron chi connectivity index (χ0n) is 18.4. The maximum absolute atomic E-state index is 12.5. The Hall–Kier alpha value is -4.28. The first kappa shape index (κ1) is 24.4. The molecule has 0 aliphatic rings. The Balaban J connectivity index is 1.70. The molecular formula is C26H22ClN3O4. The molecule has 0 atom stereocenters. The average Bonchev–Trinajstić information content (AvgIpc) is 2.86. The van der Waals surface area contributed by atoms with Crippen LogP contribution in [0.3, 0.4) is 0 Å². The van der Waals surface area contributed by atoms with Crippen LogP contribution in [0.4, 0.5) is 5.69 Å². The summed E-state index contributed by atoms with van der Waals surface area (Å²) >= 11 is 6.11. The second-order valence-corrected chi connectivity index (χ2v) is 7.49. The van der Waals surface area contributed by atoms with E-state index >= 15 is 0 Å². The number of benzene rings is 3. The van der Waals surface area contributed by atoms with E-state index in [-0.39, 0.29) is 18.7 Å². The van der Waals surface area contributed by atoms with Crippen molar-refractivity contribution in [1.29, 1.82) is 5.26 Å². The van der Waals surface area contributed by atoms with Gasteiger partial charge in [-0.1, -0.05) is 54.1 Å². The van der Waals surface area contributed by atoms with Gasteiger partial charge in [-0.3, -0.25) is 9.59 Å². The van der Waals surface area contributed by atoms with Crippen LogP contribution in [0.2, 0.25) is 5.02 Å². The predicted molar refractivity (Wildman–Crippen MR) is 130 cm³/mol. The van der Waals surface area contributed by atoms with Crippen molar-refractivity contribution in [1.82, 2.24) is 5.32 Å². The third-order valence-electron chi connectivity index (χ3n) is 4.67. The molecule has 0 fully saturated rings. The van der Waals surface area contributed by atoms with Gasteiger partial charge >= 0.3 is 0 Å². The van der Waals surface area contributed by atoms with Crippen molar-refractivity contribution in [3.63, 3.8) is 0 Å². The van der Waals surface area contributed by atoms with Crippen LogP contribution in [0.5, 0.6) is 11.5 Å². The lowest BCUT2D eigenvalue weighted by molar-refractivity contribution is -0.118. The van der Waals surface area contributed by atoms with Gasteiger partial charge in [-0.05, 0) is 42.0 Å². The number of hydrogen-bond acceptors (Lipinski definition) is 5. The lowest BCUT2D eigenvalue weighted by Crippen LogP contribution is -2.24. The number of methoxy groups -OCH3 is 1. The van der Waals surface area contributed by atoms with Crippen molar-refractivity contribution < 1.29 is 19.1 Å². The fraction of sp³-hybridized carbons (Fsp3) is 0.115. The second kappa shape index (κ2) is 12.1. The Morgan fingerprint density at radius 2 is 1.76 bits per heavy atom. The van der Waals surface area contributed by atoms with Gasteiger partial charge in [-0.2, -0.15) is 5.26 Å². The first-order valence-corrected chi connectivity index (χ1v) is 10.7. The number of rotatable bonds is 9. The van der Waals surface area contributed by atoms with Crippen molar-refractivity contribution in [2.75, 3.05) is 19.0 Å². The number of nitriles is 1. The van der Waals surface area contributed by atoms with Gasteiger partial charge in [0, 0.05) is 17.1 Å². The third-order valence-corrected chi connectivity index (χ3v) is 4.91. The highest BCUT2D eigenvalue weighted by Crippen LogP contribution is 2.26. The van der Waals surface area contributed by atoms with Crippen molar-refractivity contribution in [2.24, 2.45) is 0 Å². The first-order chi connectivity index (χ1) is 16.5. The number of carbonyl (C=O) groups is 2. The molecule has 0 spiro atoms. The number of para-hydroxylation sites is 2. The van der Waals surface area contributed by atoms with E-state index < -0.39 is 11.8 Å². The molecular weight excluding hydrogens is 454 g/mol. The molecule has 3 rings (SSSR count). The van der Waals surface area contributed by atoms with Crippen molar-refractivity contribution in [2.45, 2.75) is 6.54 Å². The predicted octanol–water partition coefficient (Wildman–Crippen LogP) is 4.59. The Bertz CT molecular complexity index is 1240. The van der Waals surface area contributed by atoms with E-state index in [9.17, 15) is 14.9 Å². The first-order valence-electron chi connectivity index (χ1n) is 10.3. The minimum absolute atomic E-state index is 0.124. The summed E-state index contributed by atoms with van der Waals surface area (Å²) in [6.07, 6.45) is 1.37. The summed E-state index contributed by atoms with van der Waals surface area (Å²) in [5.74, 6) is -0.129. The summed E-state index contributed by atoms with van der Waals surface area (Å²) in [4.78, 5) is 24.9. The zero-order chi connectivity index (χ0) is 24.3. The fourth-order valence-electron chi connectivity index (χ4n) is 3.02. The fourth-order valence-corrected chi connectivity index (χ4v) is 3.20. The van der Waals surface area contributed by atoms with Crippen LogP contribution in [0, 0.1) is 11.3 Å². The van der Waals surface area contributed by atoms with Gasteiger partial charge in [0.2, 0.25) is 0 Å². The molecule has 34 heavy (non-hydrogen) atoms. The molecule has 0 saturated carbocycles. The third kappa shape index (κ3) is 6.86. The number of nitrogens with one attached hydrogen (secondary N) is 2. The van der Waals surface area contributed by atoms with E-state index in [0.29, 0.717) is 27.8 Å². The van der Waals surface area contributed by atoms with Gasteiger partial charge in [0.25, 0.3) is 11.8 Å². The monoisotopic (exact) mass is 475 g/mol. The molecule has 8 heteroatoms. The molecule has 0 aliphatic heterocycles. The molecule has 2 N–H and O–H groups in total. The summed E-state index contributed by atoms with van der Waals surface area (Å²) in [6.45, 7) is -0.0245. The number of anilines is 1. The van der Waals surface area contributed by atoms with E-state index in [0.717, 1.165) is 5.56 Å². The van der Waals surface area contributed by atoms with E-state index in [1.165, 1.54) is 13.2 Å². The largest absolute Gasteiger partial charge is 0.495 e. The topological polar surface area (TPSA) is 100 Å². The number of nitrogens with zero attached hydrogens (tertiary/aromatic N) is 1. The SMILES string of the molecule is COc1ccccc1NC(=O)COc1ccc(Cl)cc1/C=C(\C#N)C(=O)NCc1ccccc1. The van der Waals surface area contributed by atoms with Gasteiger partial charge in [-0.25, -0.2) is 0 Å². The lowest BCUT2D eigenvalue weighted by Gasteiger charge is -2.12. The number of carbonyl (C=O) groups excluding carboxylic acids is 2. The van der Waals surface area contributed by atoms with Crippen LogP contribution in [0.15, 0.2) is 78.4 Å². The molecule has 0 aliphatic carbocycles. The van der Waals surface area contributed by atoms with Crippen LogP contribution in [-0.2, 0) is 16.1 Å². The molecule has 172 valence electrons. The van der Waals surface area contributed by atoms with Crippen LogP contribution in [-0.4, -0.2) is 25.5 Å². The van der Waals surface area contributed by atoms with E-state index in [2.05, 4.69) is 10.6 Å². The molecule has 3 aromatic carbocycles. The summed E-state index contributed by atoms with van der Waals surface area (Å²) in [6, 6.07) is 23.0. The lowest BCUT2D eigenvalue weighted by atomic mass is 10.1. The second-order valence-electron chi connectivity index (χ2n) is 7.06. The van der Waals surface area contributed by atoms with E-state index in [1.807, 2.05) is 36.4 Å². The quantitative estimate of drug-likeness (QED) is 0.348. The van der Waals surface area contributed by atoms with Gasteiger partial charge in [0.15, 0.2) is 6.61 Å². The minimum Gasteiger partial charge on any atom is -0.495 e. The Kier molecular flexibility index (Phi) is 8.67. The zero-order valence-corrected chi connectivity index (χ0v) is 19.1. The van der Waals surface area contributed by atoms with E-state index in [4.69, 9.17) is 21.1 Å². The highest BCUT2D eigenvalue weighted by atomic mass is 35.5. The molecule has 3 aromatic rings. The molecule has 0 unspecified atom stereocenters. The van der Waals surface area contributed by atoms with Crippen molar-refractivity contribution in [3.8, 4) is 17.6 Å². The number of ether oxygens (including phenoxy) is 2. The maximum atomic E-state index is 12.5. The Morgan fingerprint density at radius 1 is 1.03 bits per heavy atom. The molecule has 0 radical (unpaired) electrons. The van der Waals surface area contributed by atoms with Crippen molar-refractivity contribution >= 4 is 35.2 Å². The van der Waals surface area contributed by atoms with E-state index in [1.54, 1.807) is 42.5 Å². The molecule has 7 nitrogen and oxygen atoms in total. The Labute approximate surface area is 202 Å². The van der Waals surface area contributed by atoms with Crippen LogP contribution >= 0.6 is 11.6 Å². The van der Waals surface area contributed by atoms with Crippen LogP contribution < -0.4 is 20.1 Å². The van der Waals surface area contributed by atoms with Gasteiger partial charge in [0.1, 0.15) is 23.1 Å². The summed E-state index contributed by atoms with van der Waals surface area (Å²) in [7, 11) is 1.51. The average molecular weight is 476 g/mol. The smallest absolute Gasteiger partial charge is 0.262 e. The summed E-state index contributed by atoms with van der Waals surface area (Å²) in [5.41, 5.74) is 1.68. The molecule has 0 bridgehead atoms. The highest BCUT2D eigenvalue weighted by Gasteiger charge is 2.13. The summed E-state index contributed by atoms with van der Waals surface area (Å²) in [5, 5.41) is 15.3. The Morgan fingerprint density at radius 3 is 2.50 bits per heavy atom. The number of hydrogen-bond donors (Lipinski definition) is 2. The van der Waals surface area contributed by atoms with Gasteiger partial charge in [0.05, 0.1) is 12.8 Å². The van der Waals surface area contributed by atoms with Gasteiger partial charge in [-0.15, -0.1) is 0 Å². The standard InChI is InChI=1S/C26H22ClN3O4/c1-33-24-10-6-5-9-22(24)30-25(31)17-34-23-12-11-21(27)14-19(23)13-20(15-28)26(32)29-16-18-7-3-2-4-8-18/h2-14H,16-17H2,1H3,(H,29,32)(H,30,31)/b20-13+. The molecule has 0 saturated heterocycles. The normalized spacial score (nSPS) is 10.7. The summed E-state index contributed by atoms with van der Waals surface area (Å²) < 4.78 is 10.9. The maximum Gasteiger partial charge on any atom is 0.262 e. The number of amides is 2. The molecule has 0 heterocycles. The highest BCUT2D eigenvalue weighted by molar-refractivity contribution is 6.30. The molecule has 2 amide bonds. The minimum atomic E-state index is -0.536. The number of halogens is 1. The van der Waals surface area contributed by atoms with Crippen LogP contribution in [0.1, 0.15) is 11.1 Å². The van der Waals surface area contributed by atoms with Crippen LogP contribution in [0.25, 0.3) is 6.08 Å².